The molecule has 1 aromatic carbocycles. The molecule has 0 aromatic heterocycles. The van der Waals surface area contributed by atoms with Crippen LogP contribution in [-0.2, 0) is 0 Å². The highest BCUT2D eigenvalue weighted by Crippen LogP contribution is 2.23. The highest BCUT2D eigenvalue weighted by Gasteiger charge is 2.11. The summed E-state index contributed by atoms with van der Waals surface area (Å²) in [6.07, 6.45) is 5.11. The van der Waals surface area contributed by atoms with Crippen LogP contribution in [0.1, 0.15) is 20.8 Å². The maximum absolute atomic E-state index is 5.69. The van der Waals surface area contributed by atoms with E-state index < -0.39 is 0 Å². The molecule has 0 radical (unpaired) electrons. The molecule has 80 valence electrons. The van der Waals surface area contributed by atoms with Crippen molar-refractivity contribution in [1.29, 1.82) is 0 Å². The van der Waals surface area contributed by atoms with Gasteiger partial charge in [0.15, 0.2) is 0 Å². The molecule has 0 heterocycles. The highest BCUT2D eigenvalue weighted by atomic mass is 16.5. The van der Waals surface area contributed by atoms with Crippen LogP contribution in [0.2, 0.25) is 0 Å². The minimum Gasteiger partial charge on any atom is -0.488 e. The Morgan fingerprint density at radius 3 is 2.53 bits per heavy atom. The summed E-state index contributed by atoms with van der Waals surface area (Å²) in [7, 11) is 0. The molecule has 2 heteroatoms. The minimum absolute atomic E-state index is 0.204. The number of hydrogen-bond donors (Lipinski definition) is 0. The number of benzene rings is 1. The molecule has 0 atom stereocenters. The lowest BCUT2D eigenvalue weighted by molar-refractivity contribution is 0.130. The molecule has 0 aliphatic rings. The van der Waals surface area contributed by atoms with E-state index in [0.29, 0.717) is 0 Å². The zero-order valence-electron chi connectivity index (χ0n) is 9.41. The minimum atomic E-state index is -0.204. The van der Waals surface area contributed by atoms with Crippen molar-refractivity contribution in [2.24, 2.45) is 0 Å². The Labute approximate surface area is 91.2 Å². The van der Waals surface area contributed by atoms with Gasteiger partial charge in [-0.2, -0.15) is 0 Å². The van der Waals surface area contributed by atoms with Gasteiger partial charge in [-0.3, -0.25) is 0 Å². The van der Waals surface area contributed by atoms with Crippen LogP contribution in [0.4, 0.5) is 0 Å². The Kier molecular flexibility index (Phi) is 3.62. The van der Waals surface area contributed by atoms with Crippen molar-refractivity contribution in [3.8, 4) is 23.8 Å². The molecule has 0 fully saturated rings. The van der Waals surface area contributed by atoms with Crippen molar-refractivity contribution in [3.63, 3.8) is 0 Å². The van der Waals surface area contributed by atoms with Gasteiger partial charge in [0.2, 0.25) is 0 Å². The van der Waals surface area contributed by atoms with Gasteiger partial charge in [0.1, 0.15) is 23.7 Å². The second-order valence-corrected chi connectivity index (χ2v) is 4.18. The van der Waals surface area contributed by atoms with E-state index in [9.17, 15) is 0 Å². The van der Waals surface area contributed by atoms with Gasteiger partial charge in [0.25, 0.3) is 0 Å². The molecular formula is C13H16O2. The molecular weight excluding hydrogens is 188 g/mol. The van der Waals surface area contributed by atoms with Gasteiger partial charge in [-0.25, -0.2) is 0 Å². The van der Waals surface area contributed by atoms with E-state index in [1.54, 1.807) is 0 Å². The molecule has 1 rings (SSSR count). The zero-order valence-corrected chi connectivity index (χ0v) is 9.41. The molecule has 0 spiro atoms. The van der Waals surface area contributed by atoms with E-state index in [-0.39, 0.29) is 12.2 Å². The summed E-state index contributed by atoms with van der Waals surface area (Å²) in [5, 5.41) is 0. The Balaban J connectivity index is 2.71. The number of terminal acetylenes is 1. The molecule has 0 unspecified atom stereocenters. The van der Waals surface area contributed by atoms with Gasteiger partial charge in [0.05, 0.1) is 0 Å². The summed E-state index contributed by atoms with van der Waals surface area (Å²) >= 11 is 0. The molecule has 0 bridgehead atoms. The summed E-state index contributed by atoms with van der Waals surface area (Å²) < 4.78 is 11.0. The fourth-order valence-corrected chi connectivity index (χ4v) is 1.11. The quantitative estimate of drug-likeness (QED) is 0.705. The maximum Gasteiger partial charge on any atom is 0.148 e. The molecule has 2 nitrogen and oxygen atoms in total. The molecule has 0 amide bonds. The number of rotatable bonds is 3. The van der Waals surface area contributed by atoms with Crippen LogP contribution < -0.4 is 9.47 Å². The Hall–Kier alpha value is -1.62. The smallest absolute Gasteiger partial charge is 0.148 e. The average Bonchev–Trinajstić information content (AvgIpc) is 2.12. The predicted molar refractivity (Wildman–Crippen MR) is 61.2 cm³/mol. The fourth-order valence-electron chi connectivity index (χ4n) is 1.11. The fraction of sp³-hybridized carbons (Fsp3) is 0.385. The van der Waals surface area contributed by atoms with Crippen LogP contribution in [0.25, 0.3) is 0 Å². The van der Waals surface area contributed by atoms with Crippen LogP contribution in [-0.4, -0.2) is 12.2 Å². The first kappa shape index (κ1) is 11.5. The molecule has 0 saturated carbocycles. The van der Waals surface area contributed by atoms with Gasteiger partial charge in [0, 0.05) is 6.07 Å². The molecule has 0 saturated heterocycles. The van der Waals surface area contributed by atoms with Crippen LogP contribution >= 0.6 is 0 Å². The van der Waals surface area contributed by atoms with Crippen LogP contribution in [0.15, 0.2) is 24.3 Å². The van der Waals surface area contributed by atoms with E-state index in [2.05, 4.69) is 5.92 Å². The second-order valence-electron chi connectivity index (χ2n) is 4.18. The standard InChI is InChI=1S/C13H16O2/c1-5-9-14-11-7-6-8-12(10-11)15-13(2,3)4/h1,6-8,10H,9H2,2-4H3. The third-order valence-corrected chi connectivity index (χ3v) is 1.55. The van der Waals surface area contributed by atoms with Crippen molar-refractivity contribution in [2.45, 2.75) is 26.4 Å². The van der Waals surface area contributed by atoms with Crippen molar-refractivity contribution >= 4 is 0 Å². The molecule has 15 heavy (non-hydrogen) atoms. The molecule has 0 N–H and O–H groups in total. The van der Waals surface area contributed by atoms with Crippen molar-refractivity contribution in [2.75, 3.05) is 6.61 Å². The Morgan fingerprint density at radius 2 is 1.93 bits per heavy atom. The summed E-state index contributed by atoms with van der Waals surface area (Å²) in [5.74, 6) is 3.94. The summed E-state index contributed by atoms with van der Waals surface area (Å²) in [5.41, 5.74) is -0.204. The van der Waals surface area contributed by atoms with E-state index in [1.807, 2.05) is 45.0 Å². The summed E-state index contributed by atoms with van der Waals surface area (Å²) in [4.78, 5) is 0. The van der Waals surface area contributed by atoms with Gasteiger partial charge >= 0.3 is 0 Å². The molecule has 1 aromatic rings. The normalized spacial score (nSPS) is 10.5. The van der Waals surface area contributed by atoms with Crippen molar-refractivity contribution in [3.05, 3.63) is 24.3 Å². The van der Waals surface area contributed by atoms with Crippen molar-refractivity contribution in [1.82, 2.24) is 0 Å². The Bertz CT molecular complexity index is 356. The first-order valence-electron chi connectivity index (χ1n) is 4.86. The van der Waals surface area contributed by atoms with Gasteiger partial charge < -0.3 is 9.47 Å². The van der Waals surface area contributed by atoms with Gasteiger partial charge in [-0.15, -0.1) is 6.42 Å². The van der Waals surface area contributed by atoms with E-state index >= 15 is 0 Å². The second kappa shape index (κ2) is 4.75. The lowest BCUT2D eigenvalue weighted by Gasteiger charge is -2.21. The van der Waals surface area contributed by atoms with Crippen LogP contribution in [0.3, 0.4) is 0 Å². The number of ether oxygens (including phenoxy) is 2. The average molecular weight is 204 g/mol. The van der Waals surface area contributed by atoms with E-state index in [4.69, 9.17) is 15.9 Å². The van der Waals surface area contributed by atoms with Gasteiger partial charge in [-0.1, -0.05) is 12.0 Å². The highest BCUT2D eigenvalue weighted by molar-refractivity contribution is 5.33. The summed E-state index contributed by atoms with van der Waals surface area (Å²) in [6.45, 7) is 6.28. The molecule has 0 aliphatic carbocycles. The monoisotopic (exact) mass is 204 g/mol. The zero-order chi connectivity index (χ0) is 11.3. The lowest BCUT2D eigenvalue weighted by atomic mass is 10.2. The first-order valence-corrected chi connectivity index (χ1v) is 4.86. The van der Waals surface area contributed by atoms with Gasteiger partial charge in [-0.05, 0) is 32.9 Å². The van der Waals surface area contributed by atoms with E-state index in [0.717, 1.165) is 11.5 Å². The van der Waals surface area contributed by atoms with Crippen LogP contribution in [0.5, 0.6) is 11.5 Å². The predicted octanol–water partition coefficient (Wildman–Crippen LogP) is 2.88. The number of hydrogen-bond acceptors (Lipinski definition) is 2. The lowest BCUT2D eigenvalue weighted by Crippen LogP contribution is -2.22. The molecule has 0 aliphatic heterocycles. The van der Waals surface area contributed by atoms with E-state index in [1.165, 1.54) is 0 Å². The first-order chi connectivity index (χ1) is 7.01. The van der Waals surface area contributed by atoms with Crippen molar-refractivity contribution < 1.29 is 9.47 Å². The van der Waals surface area contributed by atoms with Crippen LogP contribution in [0, 0.1) is 12.3 Å². The maximum atomic E-state index is 5.69. The third-order valence-electron chi connectivity index (χ3n) is 1.55. The third kappa shape index (κ3) is 4.42. The largest absolute Gasteiger partial charge is 0.488 e. The summed E-state index contributed by atoms with van der Waals surface area (Å²) in [6, 6.07) is 7.47. The topological polar surface area (TPSA) is 18.5 Å². The Morgan fingerprint density at radius 1 is 1.27 bits per heavy atom. The SMILES string of the molecule is C#CCOc1cccc(OC(C)(C)C)c1.